The van der Waals surface area contributed by atoms with Crippen LogP contribution in [0.25, 0.3) is 6.08 Å². The van der Waals surface area contributed by atoms with Crippen molar-refractivity contribution in [2.75, 3.05) is 0 Å². The second-order valence-electron chi connectivity index (χ2n) is 13.9. The Morgan fingerprint density at radius 1 is 1.18 bits per heavy atom. The van der Waals surface area contributed by atoms with E-state index in [0.717, 1.165) is 29.1 Å². The number of thiazole rings is 1. The van der Waals surface area contributed by atoms with Crippen molar-refractivity contribution in [2.45, 2.75) is 118 Å². The molecule has 0 spiro atoms. The quantitative estimate of drug-likeness (QED) is 0.370. The van der Waals surface area contributed by atoms with Crippen molar-refractivity contribution in [1.82, 2.24) is 4.98 Å². The summed E-state index contributed by atoms with van der Waals surface area (Å²) in [6.45, 7) is 17.5. The molecule has 1 aliphatic carbocycles. The van der Waals surface area contributed by atoms with Crippen molar-refractivity contribution in [1.29, 1.82) is 0 Å². The van der Waals surface area contributed by atoms with Crippen molar-refractivity contribution in [3.8, 4) is 0 Å². The Bertz CT molecular complexity index is 1120. The molecule has 0 unspecified atom stereocenters. The number of fused-ring (bicyclic) bond motifs is 2. The monoisotopic (exact) mass is 561 g/mol. The molecular weight excluding hydrogens is 514 g/mol. The first-order valence-corrected chi connectivity index (χ1v) is 15.2. The third-order valence-corrected chi connectivity index (χ3v) is 10.6. The van der Waals surface area contributed by atoms with Gasteiger partial charge in [-0.15, -0.1) is 11.3 Å². The van der Waals surface area contributed by atoms with Gasteiger partial charge in [0.15, 0.2) is 0 Å². The van der Waals surface area contributed by atoms with Crippen LogP contribution in [0, 0.1) is 41.4 Å². The predicted molar refractivity (Wildman–Crippen MR) is 152 cm³/mol. The van der Waals surface area contributed by atoms with Crippen LogP contribution in [-0.2, 0) is 19.1 Å². The molecule has 0 bridgehead atoms. The van der Waals surface area contributed by atoms with Crippen LogP contribution in [-0.4, -0.2) is 57.0 Å². The van der Waals surface area contributed by atoms with Crippen molar-refractivity contribution in [3.05, 3.63) is 21.7 Å². The molecule has 0 radical (unpaired) electrons. The molecule has 9 atom stereocenters. The molecule has 1 aromatic rings. The number of hydrogen-bond donors (Lipinski definition) is 2. The maximum atomic E-state index is 13.5. The molecule has 1 saturated carbocycles. The van der Waals surface area contributed by atoms with Gasteiger partial charge >= 0.3 is 5.97 Å². The first-order chi connectivity index (χ1) is 18.0. The van der Waals surface area contributed by atoms with Crippen molar-refractivity contribution in [3.63, 3.8) is 0 Å². The van der Waals surface area contributed by atoms with E-state index >= 15 is 0 Å². The van der Waals surface area contributed by atoms with Crippen LogP contribution in [0.5, 0.6) is 0 Å². The van der Waals surface area contributed by atoms with Crippen molar-refractivity contribution >= 4 is 29.2 Å². The summed E-state index contributed by atoms with van der Waals surface area (Å²) in [5.74, 6) is -0.778. The van der Waals surface area contributed by atoms with Crippen LogP contribution in [0.2, 0.25) is 0 Å². The Morgan fingerprint density at radius 2 is 1.85 bits per heavy atom. The molecular formula is C31H47NO6S. The maximum absolute atomic E-state index is 13.5. The van der Waals surface area contributed by atoms with E-state index < -0.39 is 35.6 Å². The molecule has 39 heavy (non-hydrogen) atoms. The van der Waals surface area contributed by atoms with Crippen LogP contribution in [0.15, 0.2) is 11.0 Å². The highest BCUT2D eigenvalue weighted by Crippen LogP contribution is 2.61. The standard InChI is InChI=1S/C31H47NO6S/c1-16(10-21-15-39-19(4)32-21)23-12-25-31(38-25,29(5,6)7)14-20-11-22(20)17(2)27(35)18(3)28(36)30(8,9)24(33)13-26(34)37-23/h10,15,17-18,20,22-25,27,33,35H,11-14H2,1-9H3/b16-10+/t17-,18+,20-,22+,23+,24-,25-,27-,31+/m0/s1. The topological polar surface area (TPSA) is 109 Å². The zero-order valence-electron chi connectivity index (χ0n) is 25.0. The number of aryl methyl sites for hydroxylation is 1. The number of rotatable bonds is 2. The summed E-state index contributed by atoms with van der Waals surface area (Å²) in [7, 11) is 0. The highest BCUT2D eigenvalue weighted by molar-refractivity contribution is 7.09. The fraction of sp³-hybridized carbons (Fsp3) is 0.774. The van der Waals surface area contributed by atoms with E-state index in [0.29, 0.717) is 18.3 Å². The average molecular weight is 562 g/mol. The zero-order chi connectivity index (χ0) is 29.1. The van der Waals surface area contributed by atoms with Crippen molar-refractivity contribution < 1.29 is 29.3 Å². The van der Waals surface area contributed by atoms with Gasteiger partial charge in [0.25, 0.3) is 0 Å². The SMILES string of the molecule is C/C(=C\c1csc(C)n1)[C@H]1C[C@@H]2O[C@]2(C(C)(C)C)C[C@@H]2C[C@@H]2[C@H](C)[C@H](O)[C@@H](C)C(=O)C(C)(C)[C@@H](O)CC(=O)O1. The lowest BCUT2D eigenvalue weighted by Crippen LogP contribution is -2.46. The van der Waals surface area contributed by atoms with Gasteiger partial charge < -0.3 is 19.7 Å². The molecule has 2 N–H and O–H groups in total. The largest absolute Gasteiger partial charge is 0.458 e. The van der Waals surface area contributed by atoms with E-state index in [-0.39, 0.29) is 35.2 Å². The third-order valence-electron chi connectivity index (χ3n) is 9.82. The van der Waals surface area contributed by atoms with Crippen LogP contribution in [0.3, 0.4) is 0 Å². The number of carbonyl (C=O) groups is 2. The molecule has 2 aliphatic heterocycles. The Morgan fingerprint density at radius 3 is 2.44 bits per heavy atom. The van der Waals surface area contributed by atoms with E-state index in [4.69, 9.17) is 9.47 Å². The minimum absolute atomic E-state index is 0.0477. The highest BCUT2D eigenvalue weighted by Gasteiger charge is 2.66. The fourth-order valence-electron chi connectivity index (χ4n) is 6.67. The molecule has 0 aromatic carbocycles. The van der Waals surface area contributed by atoms with Gasteiger partial charge in [-0.2, -0.15) is 0 Å². The molecule has 1 aromatic heterocycles. The predicted octanol–water partition coefficient (Wildman–Crippen LogP) is 5.36. The zero-order valence-corrected chi connectivity index (χ0v) is 25.8. The summed E-state index contributed by atoms with van der Waals surface area (Å²) in [6, 6.07) is 0. The summed E-state index contributed by atoms with van der Waals surface area (Å²) in [5, 5.41) is 25.2. The highest BCUT2D eigenvalue weighted by atomic mass is 32.1. The lowest BCUT2D eigenvalue weighted by atomic mass is 9.71. The number of esters is 1. The van der Waals surface area contributed by atoms with E-state index in [9.17, 15) is 19.8 Å². The lowest BCUT2D eigenvalue weighted by Gasteiger charge is -2.35. The number of carbonyl (C=O) groups excluding carboxylic acids is 2. The van der Waals surface area contributed by atoms with Gasteiger partial charge in [0.2, 0.25) is 0 Å². The number of ketones is 1. The van der Waals surface area contributed by atoms with E-state index in [1.54, 1.807) is 32.1 Å². The average Bonchev–Trinajstić information content (AvgIpc) is 3.72. The molecule has 8 heteroatoms. The number of nitrogens with zero attached hydrogens (tertiary/aromatic N) is 1. The van der Waals surface area contributed by atoms with E-state index in [1.165, 1.54) is 0 Å². The number of ether oxygens (including phenoxy) is 2. The lowest BCUT2D eigenvalue weighted by molar-refractivity contribution is -0.154. The number of aromatic nitrogens is 1. The molecule has 4 rings (SSSR count). The number of aliphatic hydroxyl groups is 2. The normalized spacial score (nSPS) is 39.9. The molecule has 7 nitrogen and oxygen atoms in total. The molecule has 2 saturated heterocycles. The molecule has 218 valence electrons. The summed E-state index contributed by atoms with van der Waals surface area (Å²) in [6.07, 6.45) is 1.37. The van der Waals surface area contributed by atoms with Crippen LogP contribution >= 0.6 is 11.3 Å². The van der Waals surface area contributed by atoms with Gasteiger partial charge in [-0.1, -0.05) is 48.5 Å². The molecule has 3 heterocycles. The second-order valence-corrected chi connectivity index (χ2v) is 15.0. The first-order valence-electron chi connectivity index (χ1n) is 14.4. The van der Waals surface area contributed by atoms with Crippen molar-refractivity contribution in [2.24, 2.45) is 34.5 Å². The Kier molecular flexibility index (Phi) is 8.30. The van der Waals surface area contributed by atoms with E-state index in [1.807, 2.05) is 32.2 Å². The van der Waals surface area contributed by atoms with Gasteiger partial charge in [0.05, 0.1) is 40.8 Å². The number of hydrogen-bond acceptors (Lipinski definition) is 8. The van der Waals surface area contributed by atoms with Crippen LogP contribution in [0.4, 0.5) is 0 Å². The summed E-state index contributed by atoms with van der Waals surface area (Å²) >= 11 is 1.57. The number of epoxide rings is 1. The van der Waals surface area contributed by atoms with Crippen LogP contribution in [0.1, 0.15) is 91.8 Å². The van der Waals surface area contributed by atoms with Gasteiger partial charge in [-0.3, -0.25) is 9.59 Å². The third kappa shape index (κ3) is 6.04. The number of Topliss-reactive ketones (excluding diaryl/α,β-unsaturated/α-hetero) is 1. The van der Waals surface area contributed by atoms with Crippen LogP contribution < -0.4 is 0 Å². The van der Waals surface area contributed by atoms with Gasteiger partial charge in [0.1, 0.15) is 17.5 Å². The number of aliphatic hydroxyl groups excluding tert-OH is 2. The summed E-state index contributed by atoms with van der Waals surface area (Å²) < 4.78 is 12.5. The molecule has 3 fully saturated rings. The van der Waals surface area contributed by atoms with E-state index in [2.05, 4.69) is 25.8 Å². The van der Waals surface area contributed by atoms with Gasteiger partial charge in [0, 0.05) is 17.7 Å². The Hall–Kier alpha value is -1.61. The molecule has 3 aliphatic rings. The van der Waals surface area contributed by atoms with Gasteiger partial charge in [-0.05, 0) is 61.5 Å². The smallest absolute Gasteiger partial charge is 0.309 e. The van der Waals surface area contributed by atoms with Gasteiger partial charge in [-0.25, -0.2) is 4.98 Å². The summed E-state index contributed by atoms with van der Waals surface area (Å²) in [4.78, 5) is 31.2. The fourth-order valence-corrected chi connectivity index (χ4v) is 7.24. The number of cyclic esters (lactones) is 1. The molecule has 0 amide bonds. The second kappa shape index (κ2) is 10.7. The Labute approximate surface area is 237 Å². The maximum Gasteiger partial charge on any atom is 0.309 e. The summed E-state index contributed by atoms with van der Waals surface area (Å²) in [5.41, 5.74) is 0.0104. The minimum Gasteiger partial charge on any atom is -0.458 e. The Balaban J connectivity index is 1.67. The minimum atomic E-state index is -1.24. The first kappa shape index (κ1) is 30.4.